The highest BCUT2D eigenvalue weighted by Gasteiger charge is 2.29. The highest BCUT2D eigenvalue weighted by Crippen LogP contribution is 2.32. The number of ether oxygens (including phenoxy) is 1. The molecule has 6 rings (SSSR count). The number of nitrogens with one attached hydrogen (secondary N) is 1. The van der Waals surface area contributed by atoms with Crippen molar-refractivity contribution in [1.82, 2.24) is 35.1 Å². The number of hydrogen-bond donors (Lipinski definition) is 1. The fourth-order valence-corrected chi connectivity index (χ4v) is 5.86. The lowest BCUT2D eigenvalue weighted by molar-refractivity contribution is 0.191. The Labute approximate surface area is 253 Å². The van der Waals surface area contributed by atoms with Gasteiger partial charge in [-0.25, -0.2) is 10.1 Å². The predicted molar refractivity (Wildman–Crippen MR) is 170 cm³/mol. The number of benzene rings is 3. The van der Waals surface area contributed by atoms with Crippen LogP contribution in [0.5, 0.6) is 0 Å². The molecule has 0 radical (unpaired) electrons. The Morgan fingerprint density at radius 3 is 2.40 bits per heavy atom. The number of aryl methyl sites for hydroxylation is 1. The molecule has 2 aromatic heterocycles. The van der Waals surface area contributed by atoms with Gasteiger partial charge in [0.15, 0.2) is 11.6 Å². The summed E-state index contributed by atoms with van der Waals surface area (Å²) in [7, 11) is 1.77. The summed E-state index contributed by atoms with van der Waals surface area (Å²) in [4.78, 5) is 10.2. The number of nitrogens with zero attached hydrogens (tertiary/aromatic N) is 7. The van der Waals surface area contributed by atoms with E-state index in [-0.39, 0.29) is 0 Å². The monoisotopic (exact) mass is 576 g/mol. The van der Waals surface area contributed by atoms with Crippen molar-refractivity contribution in [3.8, 4) is 22.5 Å². The number of rotatable bonds is 13. The minimum Gasteiger partial charge on any atom is -0.383 e. The minimum atomic E-state index is 0.667. The molecule has 0 unspecified atom stereocenters. The van der Waals surface area contributed by atoms with E-state index in [0.717, 1.165) is 81.0 Å². The Morgan fingerprint density at radius 2 is 1.65 bits per heavy atom. The van der Waals surface area contributed by atoms with Crippen molar-refractivity contribution in [3.63, 3.8) is 0 Å². The Kier molecular flexibility index (Phi) is 9.20. The van der Waals surface area contributed by atoms with E-state index in [1.54, 1.807) is 7.11 Å². The first-order valence-corrected chi connectivity index (χ1v) is 15.2. The van der Waals surface area contributed by atoms with Crippen LogP contribution in [-0.4, -0.2) is 68.6 Å². The summed E-state index contributed by atoms with van der Waals surface area (Å²) in [6.45, 7) is 7.29. The van der Waals surface area contributed by atoms with Crippen molar-refractivity contribution >= 4 is 5.82 Å². The maximum atomic E-state index is 5.49. The first-order chi connectivity index (χ1) is 21.2. The molecule has 0 fully saturated rings. The molecule has 0 saturated carbocycles. The van der Waals surface area contributed by atoms with Crippen molar-refractivity contribution in [2.75, 3.05) is 38.4 Å². The maximum Gasteiger partial charge on any atom is 0.180 e. The van der Waals surface area contributed by atoms with E-state index in [2.05, 4.69) is 103 Å². The standard InChI is InChI=1S/C34H40N8O/c1-3-4-14-32-35-34-31(24-40(25-41(34)21-22-43-2)20-19-26-10-6-5-7-11-26)42(32)23-27-15-17-28(18-16-27)29-12-8-9-13-30(29)33-36-38-39-37-33/h5-13,15-18H,3-4,14,19-25H2,1-2H3,(H,36,37,38,39). The molecule has 1 N–H and O–H groups in total. The van der Waals surface area contributed by atoms with E-state index in [1.807, 2.05) is 18.2 Å². The summed E-state index contributed by atoms with van der Waals surface area (Å²) < 4.78 is 7.97. The molecular weight excluding hydrogens is 536 g/mol. The smallest absolute Gasteiger partial charge is 0.180 e. The zero-order valence-corrected chi connectivity index (χ0v) is 25.1. The molecule has 9 nitrogen and oxygen atoms in total. The first kappa shape index (κ1) is 28.8. The van der Waals surface area contributed by atoms with Crippen LogP contribution in [0.3, 0.4) is 0 Å². The van der Waals surface area contributed by atoms with E-state index < -0.39 is 0 Å². The number of methoxy groups -OCH3 is 1. The van der Waals surface area contributed by atoms with Crippen LogP contribution in [0.1, 0.15) is 42.4 Å². The van der Waals surface area contributed by atoms with Gasteiger partial charge in [-0.15, -0.1) is 5.10 Å². The third-order valence-corrected chi connectivity index (χ3v) is 8.19. The fourth-order valence-electron chi connectivity index (χ4n) is 5.86. The van der Waals surface area contributed by atoms with E-state index >= 15 is 0 Å². The third-order valence-electron chi connectivity index (χ3n) is 8.19. The summed E-state index contributed by atoms with van der Waals surface area (Å²) in [5, 5.41) is 14.6. The maximum absolute atomic E-state index is 5.49. The number of H-pyrrole nitrogens is 1. The third kappa shape index (κ3) is 6.68. The van der Waals surface area contributed by atoms with Crippen LogP contribution < -0.4 is 4.90 Å². The van der Waals surface area contributed by atoms with Crippen LogP contribution in [0.15, 0.2) is 78.9 Å². The first-order valence-electron chi connectivity index (χ1n) is 15.2. The molecule has 5 aromatic rings. The second-order valence-electron chi connectivity index (χ2n) is 11.2. The Bertz CT molecular complexity index is 1580. The molecule has 0 spiro atoms. The van der Waals surface area contributed by atoms with E-state index in [0.29, 0.717) is 12.4 Å². The van der Waals surface area contributed by atoms with Crippen molar-refractivity contribution in [1.29, 1.82) is 0 Å². The topological polar surface area (TPSA) is 88.0 Å². The Hall–Kier alpha value is -4.34. The van der Waals surface area contributed by atoms with E-state index in [9.17, 15) is 0 Å². The summed E-state index contributed by atoms with van der Waals surface area (Å²) in [6, 6.07) is 27.8. The number of unbranched alkanes of at least 4 members (excludes halogenated alkanes) is 1. The SMILES string of the molecule is CCCCc1nc2c(n1Cc1ccc(-c3ccccc3-c3nnn[nH]3)cc1)CN(CCc1ccccc1)CN2CCOC. The van der Waals surface area contributed by atoms with Crippen molar-refractivity contribution in [3.05, 3.63) is 102 Å². The normalized spacial score (nSPS) is 13.4. The molecule has 9 heteroatoms. The van der Waals surface area contributed by atoms with Crippen LogP contribution in [-0.2, 0) is 30.7 Å². The molecule has 1 aliphatic rings. The predicted octanol–water partition coefficient (Wildman–Crippen LogP) is 5.59. The second-order valence-corrected chi connectivity index (χ2v) is 11.2. The minimum absolute atomic E-state index is 0.667. The fraction of sp³-hybridized carbons (Fsp3) is 0.353. The van der Waals surface area contributed by atoms with Gasteiger partial charge >= 0.3 is 0 Å². The molecule has 43 heavy (non-hydrogen) atoms. The zero-order valence-electron chi connectivity index (χ0n) is 25.1. The summed E-state index contributed by atoms with van der Waals surface area (Å²) >= 11 is 0. The van der Waals surface area contributed by atoms with Gasteiger partial charge < -0.3 is 14.2 Å². The summed E-state index contributed by atoms with van der Waals surface area (Å²) in [5.41, 5.74) is 7.14. The van der Waals surface area contributed by atoms with Gasteiger partial charge in [-0.05, 0) is 45.5 Å². The lowest BCUT2D eigenvalue weighted by Crippen LogP contribution is -2.45. The molecule has 0 amide bonds. The van der Waals surface area contributed by atoms with Gasteiger partial charge in [-0.1, -0.05) is 92.2 Å². The van der Waals surface area contributed by atoms with Crippen molar-refractivity contribution in [2.45, 2.75) is 45.7 Å². The highest BCUT2D eigenvalue weighted by atomic mass is 16.5. The van der Waals surface area contributed by atoms with Gasteiger partial charge in [0, 0.05) is 45.3 Å². The second kappa shape index (κ2) is 13.8. The van der Waals surface area contributed by atoms with Crippen LogP contribution in [0, 0.1) is 0 Å². The van der Waals surface area contributed by atoms with Gasteiger partial charge in [-0.3, -0.25) is 4.90 Å². The molecule has 3 aromatic carbocycles. The van der Waals surface area contributed by atoms with E-state index in [4.69, 9.17) is 9.72 Å². The number of aromatic nitrogens is 6. The van der Waals surface area contributed by atoms with Crippen LogP contribution >= 0.6 is 0 Å². The Morgan fingerprint density at radius 1 is 0.860 bits per heavy atom. The summed E-state index contributed by atoms with van der Waals surface area (Å²) in [5.74, 6) is 2.96. The van der Waals surface area contributed by atoms with Gasteiger partial charge in [0.25, 0.3) is 0 Å². The van der Waals surface area contributed by atoms with Gasteiger partial charge in [0.2, 0.25) is 0 Å². The molecular formula is C34H40N8O. The lowest BCUT2D eigenvalue weighted by atomic mass is 9.98. The molecule has 222 valence electrons. The zero-order chi connectivity index (χ0) is 29.4. The molecule has 0 saturated heterocycles. The molecule has 1 aliphatic heterocycles. The lowest BCUT2D eigenvalue weighted by Gasteiger charge is -2.36. The molecule has 0 bridgehead atoms. The number of aromatic amines is 1. The average molecular weight is 577 g/mol. The average Bonchev–Trinajstić information content (AvgIpc) is 3.71. The van der Waals surface area contributed by atoms with Gasteiger partial charge in [0.1, 0.15) is 5.82 Å². The van der Waals surface area contributed by atoms with Crippen molar-refractivity contribution in [2.24, 2.45) is 0 Å². The largest absolute Gasteiger partial charge is 0.383 e. The van der Waals surface area contributed by atoms with Crippen molar-refractivity contribution < 1.29 is 4.74 Å². The number of hydrogen-bond acceptors (Lipinski definition) is 7. The molecule has 3 heterocycles. The van der Waals surface area contributed by atoms with Crippen LogP contribution in [0.4, 0.5) is 5.82 Å². The Balaban J connectivity index is 1.28. The number of imidazole rings is 1. The quantitative estimate of drug-likeness (QED) is 0.196. The van der Waals surface area contributed by atoms with Gasteiger partial charge in [0.05, 0.1) is 19.0 Å². The highest BCUT2D eigenvalue weighted by molar-refractivity contribution is 5.80. The van der Waals surface area contributed by atoms with Crippen LogP contribution in [0.2, 0.25) is 0 Å². The molecule has 0 atom stereocenters. The van der Waals surface area contributed by atoms with Gasteiger partial charge in [-0.2, -0.15) is 0 Å². The molecule has 0 aliphatic carbocycles. The number of fused-ring (bicyclic) bond motifs is 1. The summed E-state index contributed by atoms with van der Waals surface area (Å²) in [6.07, 6.45) is 4.27. The number of anilines is 1. The van der Waals surface area contributed by atoms with Crippen LogP contribution in [0.25, 0.3) is 22.5 Å². The van der Waals surface area contributed by atoms with E-state index in [1.165, 1.54) is 22.6 Å². The number of tetrazole rings is 1.